The Balaban J connectivity index is 2.10. The van der Waals surface area contributed by atoms with E-state index in [1.165, 1.54) is 0 Å². The van der Waals surface area contributed by atoms with Gasteiger partial charge in [0.15, 0.2) is 0 Å². The Bertz CT molecular complexity index is 749. The zero-order valence-electron chi connectivity index (χ0n) is 13.1. The lowest BCUT2D eigenvalue weighted by Crippen LogP contribution is -2.06. The number of hydrogen-bond donors (Lipinski definition) is 1. The lowest BCUT2D eigenvalue weighted by Gasteiger charge is -2.15. The average Bonchev–Trinajstić information content (AvgIpc) is 2.57. The lowest BCUT2D eigenvalue weighted by atomic mass is 10.0. The molecule has 0 unspecified atom stereocenters. The van der Waals surface area contributed by atoms with Gasteiger partial charge in [-0.1, -0.05) is 44.2 Å². The van der Waals surface area contributed by atoms with Crippen LogP contribution in [0.5, 0.6) is 0 Å². The maximum Gasteiger partial charge on any atom is 0.142 e. The largest absolute Gasteiger partial charge is 0.340 e. The molecule has 0 aliphatic carbocycles. The van der Waals surface area contributed by atoms with Crippen LogP contribution >= 0.6 is 0 Å². The third-order valence-corrected chi connectivity index (χ3v) is 4.01. The van der Waals surface area contributed by atoms with Gasteiger partial charge in [0.2, 0.25) is 0 Å². The molecule has 3 heteroatoms. The van der Waals surface area contributed by atoms with E-state index in [4.69, 9.17) is 9.97 Å². The van der Waals surface area contributed by atoms with Crippen LogP contribution < -0.4 is 5.32 Å². The fourth-order valence-corrected chi connectivity index (χ4v) is 2.68. The van der Waals surface area contributed by atoms with Crippen LogP contribution in [0.4, 0.5) is 11.5 Å². The van der Waals surface area contributed by atoms with Crippen molar-refractivity contribution in [3.8, 4) is 0 Å². The number of anilines is 2. The molecule has 0 saturated heterocycles. The van der Waals surface area contributed by atoms with E-state index in [-0.39, 0.29) is 0 Å². The Morgan fingerprint density at radius 3 is 2.27 bits per heavy atom. The summed E-state index contributed by atoms with van der Waals surface area (Å²) >= 11 is 0. The highest BCUT2D eigenvalue weighted by Gasteiger charge is 2.14. The molecule has 22 heavy (non-hydrogen) atoms. The summed E-state index contributed by atoms with van der Waals surface area (Å²) in [7, 11) is 0. The first-order chi connectivity index (χ1) is 10.8. The first-order valence-corrected chi connectivity index (χ1v) is 7.90. The van der Waals surface area contributed by atoms with E-state index in [1.54, 1.807) is 0 Å². The van der Waals surface area contributed by atoms with Crippen molar-refractivity contribution in [3.63, 3.8) is 0 Å². The molecule has 0 atom stereocenters. The highest BCUT2D eigenvalue weighted by Crippen LogP contribution is 2.28. The molecule has 0 aliphatic rings. The molecule has 3 nitrogen and oxygen atoms in total. The van der Waals surface area contributed by atoms with Gasteiger partial charge in [-0.15, -0.1) is 0 Å². The molecule has 0 radical (unpaired) electrons. The lowest BCUT2D eigenvalue weighted by molar-refractivity contribution is 0.606. The fourth-order valence-electron chi connectivity index (χ4n) is 2.68. The van der Waals surface area contributed by atoms with Crippen molar-refractivity contribution >= 4 is 22.4 Å². The smallest absolute Gasteiger partial charge is 0.142 e. The minimum atomic E-state index is 0.404. The number of benzene rings is 2. The topological polar surface area (TPSA) is 37.8 Å². The Morgan fingerprint density at radius 2 is 1.55 bits per heavy atom. The van der Waals surface area contributed by atoms with Crippen LogP contribution in [0.2, 0.25) is 0 Å². The van der Waals surface area contributed by atoms with Crippen molar-refractivity contribution in [2.45, 2.75) is 32.6 Å². The molecule has 0 amide bonds. The molecule has 0 bridgehead atoms. The molecule has 0 fully saturated rings. The monoisotopic (exact) mass is 291 g/mol. The molecule has 0 spiro atoms. The predicted octanol–water partition coefficient (Wildman–Crippen LogP) is 5.28. The molecule has 2 aromatic carbocycles. The maximum atomic E-state index is 4.82. The van der Waals surface area contributed by atoms with Crippen molar-refractivity contribution in [1.29, 1.82) is 0 Å². The van der Waals surface area contributed by atoms with E-state index < -0.39 is 0 Å². The van der Waals surface area contributed by atoms with Crippen LogP contribution in [0.1, 0.15) is 38.4 Å². The Hall–Kier alpha value is -2.42. The van der Waals surface area contributed by atoms with Gasteiger partial charge in [-0.25, -0.2) is 9.97 Å². The number of nitrogens with one attached hydrogen (secondary N) is 1. The molecule has 0 saturated carbocycles. The van der Waals surface area contributed by atoms with Gasteiger partial charge < -0.3 is 5.32 Å². The van der Waals surface area contributed by atoms with E-state index in [2.05, 4.69) is 31.3 Å². The Kier molecular flexibility index (Phi) is 4.33. The molecule has 0 aliphatic heterocycles. The third-order valence-electron chi connectivity index (χ3n) is 4.01. The van der Waals surface area contributed by atoms with Gasteiger partial charge in [0, 0.05) is 17.0 Å². The Labute approximate surface area is 131 Å². The first kappa shape index (κ1) is 14.5. The molecule has 1 aromatic heterocycles. The molecular formula is C19H21N3. The van der Waals surface area contributed by atoms with E-state index >= 15 is 0 Å². The normalized spacial score (nSPS) is 11.0. The van der Waals surface area contributed by atoms with Crippen molar-refractivity contribution in [2.24, 2.45) is 0 Å². The second-order valence-electron chi connectivity index (χ2n) is 5.45. The summed E-state index contributed by atoms with van der Waals surface area (Å²) in [6, 6.07) is 18.3. The van der Waals surface area contributed by atoms with Crippen molar-refractivity contribution < 1.29 is 0 Å². The standard InChI is InChI=1S/C19H21N3/c1-3-14(4-2)18-21-17-13-9-8-12-16(17)19(22-18)20-15-10-6-5-7-11-15/h5-14H,3-4H2,1-2H3,(H,20,21,22). The molecule has 112 valence electrons. The summed E-state index contributed by atoms with van der Waals surface area (Å²) in [5, 5.41) is 4.50. The molecule has 1 N–H and O–H groups in total. The maximum absolute atomic E-state index is 4.82. The molecule has 1 heterocycles. The van der Waals surface area contributed by atoms with Crippen LogP contribution in [0.25, 0.3) is 10.9 Å². The quantitative estimate of drug-likeness (QED) is 0.695. The van der Waals surface area contributed by atoms with Crippen molar-refractivity contribution in [2.75, 3.05) is 5.32 Å². The summed E-state index contributed by atoms with van der Waals surface area (Å²) in [6.07, 6.45) is 2.11. The Morgan fingerprint density at radius 1 is 0.864 bits per heavy atom. The van der Waals surface area contributed by atoms with Gasteiger partial charge in [0.1, 0.15) is 11.6 Å². The van der Waals surface area contributed by atoms with Gasteiger partial charge in [-0.2, -0.15) is 0 Å². The first-order valence-electron chi connectivity index (χ1n) is 7.90. The van der Waals surface area contributed by atoms with E-state index in [1.807, 2.05) is 42.5 Å². The number of fused-ring (bicyclic) bond motifs is 1. The van der Waals surface area contributed by atoms with Crippen LogP contribution in [0, 0.1) is 0 Å². The van der Waals surface area contributed by atoms with Gasteiger partial charge >= 0.3 is 0 Å². The minimum Gasteiger partial charge on any atom is -0.340 e. The van der Waals surface area contributed by atoms with Crippen molar-refractivity contribution in [1.82, 2.24) is 9.97 Å². The summed E-state index contributed by atoms with van der Waals surface area (Å²) < 4.78 is 0. The molecular weight excluding hydrogens is 270 g/mol. The second-order valence-corrected chi connectivity index (χ2v) is 5.45. The van der Waals surface area contributed by atoms with Crippen LogP contribution in [0.3, 0.4) is 0 Å². The number of hydrogen-bond acceptors (Lipinski definition) is 3. The van der Waals surface area contributed by atoms with Crippen LogP contribution in [0.15, 0.2) is 54.6 Å². The number of aromatic nitrogens is 2. The highest BCUT2D eigenvalue weighted by atomic mass is 15.0. The third kappa shape index (κ3) is 2.93. The highest BCUT2D eigenvalue weighted by molar-refractivity contribution is 5.90. The molecule has 3 aromatic rings. The van der Waals surface area contributed by atoms with Gasteiger partial charge in [0.05, 0.1) is 5.52 Å². The van der Waals surface area contributed by atoms with Gasteiger partial charge in [-0.05, 0) is 37.1 Å². The summed E-state index contributed by atoms with van der Waals surface area (Å²) in [4.78, 5) is 9.58. The SMILES string of the molecule is CCC(CC)c1nc(Nc2ccccc2)c2ccccc2n1. The van der Waals surface area contributed by atoms with Gasteiger partial charge in [-0.3, -0.25) is 0 Å². The van der Waals surface area contributed by atoms with Crippen LogP contribution in [-0.2, 0) is 0 Å². The summed E-state index contributed by atoms with van der Waals surface area (Å²) in [6.45, 7) is 4.38. The molecule has 3 rings (SSSR count). The minimum absolute atomic E-state index is 0.404. The number of nitrogens with zero attached hydrogens (tertiary/aromatic N) is 2. The summed E-state index contributed by atoms with van der Waals surface area (Å²) in [5.74, 6) is 2.22. The predicted molar refractivity (Wildman–Crippen MR) is 92.6 cm³/mol. The summed E-state index contributed by atoms with van der Waals surface area (Å²) in [5.41, 5.74) is 2.04. The average molecular weight is 291 g/mol. The van der Waals surface area contributed by atoms with Crippen LogP contribution in [-0.4, -0.2) is 9.97 Å². The zero-order chi connectivity index (χ0) is 15.4. The van der Waals surface area contributed by atoms with E-state index in [0.29, 0.717) is 5.92 Å². The van der Waals surface area contributed by atoms with Crippen molar-refractivity contribution in [3.05, 3.63) is 60.4 Å². The van der Waals surface area contributed by atoms with E-state index in [0.717, 1.165) is 41.1 Å². The van der Waals surface area contributed by atoms with Gasteiger partial charge in [0.25, 0.3) is 0 Å². The second kappa shape index (κ2) is 6.56. The zero-order valence-corrected chi connectivity index (χ0v) is 13.1. The number of rotatable bonds is 5. The fraction of sp³-hybridized carbons (Fsp3) is 0.263. The van der Waals surface area contributed by atoms with E-state index in [9.17, 15) is 0 Å². The number of para-hydroxylation sites is 2.